The number of piperidine rings is 3. The van der Waals surface area contributed by atoms with Crippen molar-refractivity contribution in [3.63, 3.8) is 0 Å². The second-order valence-electron chi connectivity index (χ2n) is 37.3. The van der Waals surface area contributed by atoms with E-state index in [1.165, 1.54) is 42.5 Å². The predicted molar refractivity (Wildman–Crippen MR) is 543 cm³/mol. The number of esters is 3. The van der Waals surface area contributed by atoms with Gasteiger partial charge in [0.25, 0.3) is 23.6 Å². The zero-order valence-corrected chi connectivity index (χ0v) is 81.2. The summed E-state index contributed by atoms with van der Waals surface area (Å²) in [6.45, 7) is 25.6. The Bertz CT molecular complexity index is 6080. The topological polar surface area (TPSA) is 331 Å². The number of phenolic OH excluding ortho intramolecular Hbond substituents is 3. The number of carboxylic acids is 1. The van der Waals surface area contributed by atoms with E-state index in [4.69, 9.17) is 28.4 Å². The van der Waals surface area contributed by atoms with Gasteiger partial charge >= 0.3 is 23.9 Å². The van der Waals surface area contributed by atoms with Gasteiger partial charge in [-0.05, 0) is 301 Å². The summed E-state index contributed by atoms with van der Waals surface area (Å²) in [5.74, 6) is -3.32. The third kappa shape index (κ3) is 29.9. The number of aromatic hydroxyl groups is 3. The average Bonchev–Trinajstić information content (AvgIpc) is 0.791. The fourth-order valence-electron chi connectivity index (χ4n) is 15.5. The Morgan fingerprint density at radius 3 is 0.819 bits per heavy atom. The standard InChI is InChI=1S/C31H36N2O4.C30H34N2O5.C26H26N2O5.C25H25NO4.ClH/c1-21-11-13-25(36-24-15-17-33(5)18-16-24)20-27(21)29(34)32-28-19-23(22-9-7-6-8-10-22)12-14-26(28)30(35)37-31(2,3)4;1-30(2,3)37-29(35)24-12-10-21(20-8-6-5-7-9-20)18-26(24)31-28(34)25-19-23(11-13-27(25)33)36-22-14-16-32(4)17-15-22;1-28-13-11-19(12-14-28)33-20-8-10-24(29)22(16-20)25(30)27-23-15-18(7-9-21(23)26(31)32)17-5-3-2-4-6-17;1-16-10-12-19(27)15-21(16)23(28)26-22-14-18(17-8-6-5-7-9-17)11-13-20(22)24(29)30-25(2,3)4;/h6-14,19-20,24H,15-18H2,1-5H3,(H,32,34);5-13,18-19,22,33H,14-17H2,1-4H3,(H,31,34);2-10,15-16,19,29H,11-14H2,1H3,(H,27,30)(H,31,32);5-15,27H,1-4H3,(H,26,28);1H. The molecule has 0 saturated carbocycles. The van der Waals surface area contributed by atoms with Gasteiger partial charge in [-0.15, -0.1) is 12.4 Å². The van der Waals surface area contributed by atoms with Gasteiger partial charge in [0, 0.05) is 50.4 Å². The van der Waals surface area contributed by atoms with E-state index in [9.17, 15) is 58.8 Å². The number of benzene rings is 12. The Morgan fingerprint density at radius 1 is 0.290 bits per heavy atom. The largest absolute Gasteiger partial charge is 0.508 e. The number of rotatable bonds is 22. The number of phenols is 3. The predicted octanol–water partition coefficient (Wildman–Crippen LogP) is 22.6. The van der Waals surface area contributed by atoms with E-state index in [0.29, 0.717) is 56.6 Å². The summed E-state index contributed by atoms with van der Waals surface area (Å²) in [5.41, 5.74) is 9.45. The maximum Gasteiger partial charge on any atom is 0.340 e. The van der Waals surface area contributed by atoms with Crippen LogP contribution in [0.4, 0.5) is 22.7 Å². The molecule has 12 aromatic carbocycles. The van der Waals surface area contributed by atoms with E-state index in [-0.39, 0.29) is 87.4 Å². The highest BCUT2D eigenvalue weighted by Gasteiger charge is 2.30. The molecule has 720 valence electrons. The van der Waals surface area contributed by atoms with Gasteiger partial charge in [0.05, 0.1) is 56.1 Å². The second kappa shape index (κ2) is 47.2. The first-order valence-electron chi connectivity index (χ1n) is 45.8. The normalized spacial score (nSPS) is 13.8. The minimum atomic E-state index is -1.16. The molecule has 15 rings (SSSR count). The minimum Gasteiger partial charge on any atom is -0.508 e. The van der Waals surface area contributed by atoms with E-state index in [1.54, 1.807) is 115 Å². The molecular weight excluding hydrogens is 1770 g/mol. The van der Waals surface area contributed by atoms with Gasteiger partial charge in [-0.25, -0.2) is 19.2 Å². The highest BCUT2D eigenvalue weighted by atomic mass is 35.5. The number of aromatic carboxylic acids is 1. The molecule has 3 aliphatic heterocycles. The molecule has 0 unspecified atom stereocenters. The summed E-state index contributed by atoms with van der Waals surface area (Å²) in [7, 11) is 6.26. The van der Waals surface area contributed by atoms with Gasteiger partial charge in [-0.3, -0.25) is 19.2 Å². The van der Waals surface area contributed by atoms with Crippen LogP contribution in [0.25, 0.3) is 44.5 Å². The second-order valence-corrected chi connectivity index (χ2v) is 37.3. The molecule has 0 bridgehead atoms. The molecule has 0 aromatic heterocycles. The maximum atomic E-state index is 13.5. The Hall–Kier alpha value is -14.6. The van der Waals surface area contributed by atoms with Crippen LogP contribution in [0.15, 0.2) is 267 Å². The van der Waals surface area contributed by atoms with Crippen LogP contribution in [0.1, 0.15) is 195 Å². The molecule has 4 amide bonds. The lowest BCUT2D eigenvalue weighted by Gasteiger charge is -2.29. The molecule has 12 aromatic rings. The quantitative estimate of drug-likeness (QED) is 0.0231. The van der Waals surface area contributed by atoms with Crippen molar-refractivity contribution in [2.75, 3.05) is 81.7 Å². The van der Waals surface area contributed by atoms with Crippen LogP contribution in [0.2, 0.25) is 0 Å². The zero-order valence-electron chi connectivity index (χ0n) is 80.4. The van der Waals surface area contributed by atoms with E-state index in [2.05, 4.69) is 57.1 Å². The number of nitrogens with zero attached hydrogens (tertiary/aromatic N) is 3. The maximum absolute atomic E-state index is 13.5. The molecule has 0 radical (unpaired) electrons. The molecule has 8 N–H and O–H groups in total. The van der Waals surface area contributed by atoms with Crippen molar-refractivity contribution in [3.8, 4) is 79.0 Å². The van der Waals surface area contributed by atoms with Crippen LogP contribution in [0.5, 0.6) is 34.5 Å². The molecular formula is C112H122ClN7O18. The number of carbonyl (C=O) groups is 8. The van der Waals surface area contributed by atoms with Crippen molar-refractivity contribution >= 4 is 82.7 Å². The molecule has 3 fully saturated rings. The van der Waals surface area contributed by atoms with Crippen molar-refractivity contribution in [3.05, 3.63) is 323 Å². The number of hydrogen-bond acceptors (Lipinski definition) is 20. The van der Waals surface area contributed by atoms with Crippen LogP contribution in [0, 0.1) is 13.8 Å². The van der Waals surface area contributed by atoms with Crippen molar-refractivity contribution in [1.29, 1.82) is 0 Å². The van der Waals surface area contributed by atoms with Crippen LogP contribution in [-0.2, 0) is 14.2 Å². The summed E-state index contributed by atoms with van der Waals surface area (Å²) < 4.78 is 35.0. The van der Waals surface area contributed by atoms with Gasteiger partial charge < -0.3 is 84.8 Å². The summed E-state index contributed by atoms with van der Waals surface area (Å²) in [5, 5.41) is 51.4. The number of hydrogen-bond donors (Lipinski definition) is 8. The lowest BCUT2D eigenvalue weighted by Crippen LogP contribution is -2.35. The van der Waals surface area contributed by atoms with Crippen molar-refractivity contribution < 1.29 is 87.2 Å². The van der Waals surface area contributed by atoms with Gasteiger partial charge in [0.2, 0.25) is 0 Å². The number of carboxylic acid groups (broad SMARTS) is 1. The molecule has 25 nitrogen and oxygen atoms in total. The monoisotopic (exact) mass is 1890 g/mol. The van der Waals surface area contributed by atoms with E-state index >= 15 is 0 Å². The Kier molecular flexibility index (Phi) is 35.5. The van der Waals surface area contributed by atoms with Crippen molar-refractivity contribution in [2.24, 2.45) is 0 Å². The third-order valence-corrected chi connectivity index (χ3v) is 22.8. The number of carbonyl (C=O) groups excluding carboxylic acids is 7. The molecule has 3 heterocycles. The average molecular weight is 1890 g/mol. The number of halogens is 1. The van der Waals surface area contributed by atoms with Gasteiger partial charge in [0.15, 0.2) is 0 Å². The van der Waals surface area contributed by atoms with E-state index in [1.807, 2.05) is 185 Å². The first-order chi connectivity index (χ1) is 65.2. The summed E-state index contributed by atoms with van der Waals surface area (Å²) >= 11 is 0. The molecule has 0 spiro atoms. The SMILES string of the molecule is CN1CCC(Oc2ccc(O)c(C(=O)Nc3cc(-c4ccccc4)ccc3C(=O)O)c2)CC1.CN1CCC(Oc2ccc(O)c(C(=O)Nc3cc(-c4ccccc4)ccc3C(=O)OC(C)(C)C)c2)CC1.Cc1ccc(O)cc1C(=O)Nc1cc(-c2ccccc2)ccc1C(=O)OC(C)(C)C.Cc1ccc(OC2CCN(C)CC2)cc1C(=O)Nc1cc(-c2ccccc2)ccc1C(=O)OC(C)(C)C.Cl. The first-order valence-corrected chi connectivity index (χ1v) is 45.8. The molecule has 26 heteroatoms. The van der Waals surface area contributed by atoms with Crippen molar-refractivity contribution in [1.82, 2.24) is 14.7 Å². The number of anilines is 4. The van der Waals surface area contributed by atoms with E-state index in [0.717, 1.165) is 128 Å². The summed E-state index contributed by atoms with van der Waals surface area (Å²) in [6, 6.07) is 78.6. The van der Waals surface area contributed by atoms with Gasteiger partial charge in [-0.1, -0.05) is 158 Å². The number of nitrogens with one attached hydrogen (secondary N) is 4. The van der Waals surface area contributed by atoms with Crippen LogP contribution >= 0.6 is 12.4 Å². The highest BCUT2D eigenvalue weighted by Crippen LogP contribution is 2.37. The fourth-order valence-corrected chi connectivity index (χ4v) is 15.5. The Balaban J connectivity index is 0.000000177. The van der Waals surface area contributed by atoms with Crippen LogP contribution in [0.3, 0.4) is 0 Å². The summed E-state index contributed by atoms with van der Waals surface area (Å²) in [6.07, 6.45) is 5.70. The minimum absolute atomic E-state index is 0. The summed E-state index contributed by atoms with van der Waals surface area (Å²) in [4.78, 5) is 110. The van der Waals surface area contributed by atoms with E-state index < -0.39 is 58.4 Å². The molecule has 0 aliphatic carbocycles. The Labute approximate surface area is 812 Å². The van der Waals surface area contributed by atoms with Crippen LogP contribution in [-0.4, -0.2) is 178 Å². The third-order valence-electron chi connectivity index (χ3n) is 22.8. The molecule has 138 heavy (non-hydrogen) atoms. The Morgan fingerprint density at radius 2 is 0.536 bits per heavy atom. The van der Waals surface area contributed by atoms with Crippen molar-refractivity contribution in [2.45, 2.75) is 150 Å². The highest BCUT2D eigenvalue weighted by molar-refractivity contribution is 6.13. The lowest BCUT2D eigenvalue weighted by atomic mass is 10.0. The van der Waals surface area contributed by atoms with Gasteiger partial charge in [-0.2, -0.15) is 0 Å². The first kappa shape index (κ1) is 104. The zero-order chi connectivity index (χ0) is 98.4. The number of aryl methyl sites for hydroxylation is 2. The smallest absolute Gasteiger partial charge is 0.340 e. The molecule has 0 atom stereocenters. The molecule has 3 saturated heterocycles. The fraction of sp³-hybridized carbons (Fsp3) is 0.286. The molecule has 3 aliphatic rings. The van der Waals surface area contributed by atoms with Gasteiger partial charge in [0.1, 0.15) is 69.6 Å². The van der Waals surface area contributed by atoms with Crippen LogP contribution < -0.4 is 35.5 Å². The lowest BCUT2D eigenvalue weighted by molar-refractivity contribution is 0.00580. The number of ether oxygens (including phenoxy) is 6. The number of likely N-dealkylation sites (tertiary alicyclic amines) is 3. The number of amides is 4.